The third-order valence-electron chi connectivity index (χ3n) is 4.55. The first-order valence-corrected chi connectivity index (χ1v) is 11.3. The van der Waals surface area contributed by atoms with Crippen molar-refractivity contribution in [1.82, 2.24) is 14.5 Å². The minimum Gasteiger partial charge on any atom is -0.383 e. The molecule has 0 bridgehead atoms. The van der Waals surface area contributed by atoms with Gasteiger partial charge in [-0.1, -0.05) is 35.2 Å². The first-order valence-electron chi connectivity index (χ1n) is 9.45. The summed E-state index contributed by atoms with van der Waals surface area (Å²) in [5, 5.41) is 4.08. The highest BCUT2D eigenvalue weighted by Gasteiger charge is 2.18. The second-order valence-corrected chi connectivity index (χ2v) is 8.83. The molecule has 2 aromatic heterocycles. The van der Waals surface area contributed by atoms with Crippen molar-refractivity contribution >= 4 is 55.3 Å². The van der Waals surface area contributed by atoms with Gasteiger partial charge in [0.25, 0.3) is 5.56 Å². The predicted octanol–water partition coefficient (Wildman–Crippen LogP) is 4.08. The average Bonchev–Trinajstić information content (AvgIpc) is 3.13. The lowest BCUT2D eigenvalue weighted by atomic mass is 10.2. The van der Waals surface area contributed by atoms with Crippen LogP contribution in [0.25, 0.3) is 21.1 Å². The number of para-hydroxylation sites is 1. The summed E-state index contributed by atoms with van der Waals surface area (Å²) in [6.07, 6.45) is 0. The predicted molar refractivity (Wildman–Crippen MR) is 122 cm³/mol. The van der Waals surface area contributed by atoms with Crippen LogP contribution in [-0.4, -0.2) is 39.9 Å². The first kappa shape index (κ1) is 21.4. The van der Waals surface area contributed by atoms with E-state index in [1.54, 1.807) is 35.9 Å². The quantitative estimate of drug-likeness (QED) is 0.332. The van der Waals surface area contributed by atoms with Crippen molar-refractivity contribution in [2.45, 2.75) is 18.1 Å². The Morgan fingerprint density at radius 2 is 2.06 bits per heavy atom. The average molecular weight is 459 g/mol. The molecule has 0 aliphatic rings. The Morgan fingerprint density at radius 3 is 2.87 bits per heavy atom. The Kier molecular flexibility index (Phi) is 6.30. The molecule has 2 aromatic carbocycles. The topological polar surface area (TPSA) is 86.1 Å². The zero-order valence-corrected chi connectivity index (χ0v) is 18.4. The van der Waals surface area contributed by atoms with Crippen LogP contribution in [0, 0.1) is 5.82 Å². The minimum absolute atomic E-state index is 0.0365. The number of aromatic nitrogens is 3. The maximum Gasteiger partial charge on any atom is 0.262 e. The molecule has 0 fully saturated rings. The molecule has 0 spiro atoms. The molecule has 0 aliphatic heterocycles. The zero-order valence-electron chi connectivity index (χ0n) is 16.8. The van der Waals surface area contributed by atoms with Crippen molar-refractivity contribution in [2.75, 3.05) is 24.8 Å². The van der Waals surface area contributed by atoms with E-state index in [0.29, 0.717) is 38.0 Å². The van der Waals surface area contributed by atoms with E-state index in [0.717, 1.165) is 0 Å². The van der Waals surface area contributed by atoms with Crippen molar-refractivity contribution in [3.8, 4) is 0 Å². The summed E-state index contributed by atoms with van der Waals surface area (Å²) in [6.45, 7) is 2.20. The van der Waals surface area contributed by atoms with Gasteiger partial charge in [0.2, 0.25) is 5.91 Å². The number of hydrogen-bond donors (Lipinski definition) is 1. The number of halogens is 1. The molecule has 4 aromatic rings. The van der Waals surface area contributed by atoms with Crippen LogP contribution < -0.4 is 10.9 Å². The van der Waals surface area contributed by atoms with Gasteiger partial charge in [0.05, 0.1) is 39.5 Å². The fraction of sp³-hybridized carbons (Fsp3) is 0.238. The summed E-state index contributed by atoms with van der Waals surface area (Å²) < 4.78 is 20.8. The molecule has 0 radical (unpaired) electrons. The van der Waals surface area contributed by atoms with Crippen LogP contribution in [0.1, 0.15) is 13.0 Å². The van der Waals surface area contributed by atoms with Crippen LogP contribution in [0.4, 0.5) is 9.52 Å². The van der Waals surface area contributed by atoms with E-state index in [4.69, 9.17) is 4.74 Å². The first-order chi connectivity index (χ1) is 15.0. The number of hydrogen-bond acceptors (Lipinski definition) is 7. The molecule has 1 unspecified atom stereocenters. The lowest BCUT2D eigenvalue weighted by Gasteiger charge is -2.18. The molecule has 1 N–H and O–H groups in total. The monoisotopic (exact) mass is 458 g/mol. The van der Waals surface area contributed by atoms with Crippen LogP contribution >= 0.6 is 23.1 Å². The minimum atomic E-state index is -0.352. The number of nitrogens with zero attached hydrogens (tertiary/aromatic N) is 3. The summed E-state index contributed by atoms with van der Waals surface area (Å²) in [4.78, 5) is 34.4. The van der Waals surface area contributed by atoms with Gasteiger partial charge < -0.3 is 10.1 Å². The number of thiazole rings is 1. The summed E-state index contributed by atoms with van der Waals surface area (Å²) in [5.74, 6) is -0.609. The molecule has 2 heterocycles. The number of carbonyl (C=O) groups excluding carboxylic acids is 1. The standard InChI is InChI=1S/C21H19FN4O3S2/c1-12(10-29-2)26-19(28)14-5-3-4-6-15(14)24-21(26)30-11-18(27)25-20-23-16-8-7-13(22)9-17(16)31-20/h3-9,12H,10-11H2,1-2H3,(H,23,25,27). The number of carbonyl (C=O) groups is 1. The highest BCUT2D eigenvalue weighted by Crippen LogP contribution is 2.27. The van der Waals surface area contributed by atoms with Crippen molar-refractivity contribution in [3.63, 3.8) is 0 Å². The summed E-state index contributed by atoms with van der Waals surface area (Å²) in [5.41, 5.74) is 1.02. The Bertz CT molecular complexity index is 1320. The normalized spacial score (nSPS) is 12.4. The SMILES string of the molecule is COCC(C)n1c(SCC(=O)Nc2nc3ccc(F)cc3s2)nc2ccccc2c1=O. The smallest absolute Gasteiger partial charge is 0.262 e. The van der Waals surface area contributed by atoms with Gasteiger partial charge in [0, 0.05) is 7.11 Å². The summed E-state index contributed by atoms with van der Waals surface area (Å²) in [7, 11) is 1.57. The molecule has 7 nitrogen and oxygen atoms in total. The van der Waals surface area contributed by atoms with Crippen LogP contribution in [0.15, 0.2) is 52.4 Å². The highest BCUT2D eigenvalue weighted by atomic mass is 32.2. The largest absolute Gasteiger partial charge is 0.383 e. The van der Waals surface area contributed by atoms with Crippen LogP contribution in [0.5, 0.6) is 0 Å². The van der Waals surface area contributed by atoms with Crippen molar-refractivity contribution < 1.29 is 13.9 Å². The molecular formula is C21H19FN4O3S2. The fourth-order valence-electron chi connectivity index (χ4n) is 3.17. The highest BCUT2D eigenvalue weighted by molar-refractivity contribution is 7.99. The molecule has 4 rings (SSSR count). The number of nitrogens with one attached hydrogen (secondary N) is 1. The zero-order chi connectivity index (χ0) is 22.0. The molecule has 1 amide bonds. The lowest BCUT2D eigenvalue weighted by Crippen LogP contribution is -2.29. The lowest BCUT2D eigenvalue weighted by molar-refractivity contribution is -0.113. The third kappa shape index (κ3) is 4.60. The number of fused-ring (bicyclic) bond motifs is 2. The second-order valence-electron chi connectivity index (χ2n) is 6.86. The van der Waals surface area contributed by atoms with E-state index in [1.165, 1.54) is 35.2 Å². The third-order valence-corrected chi connectivity index (χ3v) is 6.44. The van der Waals surface area contributed by atoms with Crippen LogP contribution in [0.2, 0.25) is 0 Å². The number of benzene rings is 2. The number of rotatable bonds is 7. The second kappa shape index (κ2) is 9.13. The number of amides is 1. The van der Waals surface area contributed by atoms with Gasteiger partial charge in [-0.3, -0.25) is 14.2 Å². The van der Waals surface area contributed by atoms with E-state index in [2.05, 4.69) is 15.3 Å². The summed E-state index contributed by atoms with van der Waals surface area (Å²) in [6, 6.07) is 11.1. The maximum atomic E-state index is 13.4. The molecule has 1 atom stereocenters. The van der Waals surface area contributed by atoms with E-state index in [9.17, 15) is 14.0 Å². The van der Waals surface area contributed by atoms with Gasteiger partial charge in [0.15, 0.2) is 10.3 Å². The number of methoxy groups -OCH3 is 1. The number of thioether (sulfide) groups is 1. The maximum absolute atomic E-state index is 13.4. The fourth-order valence-corrected chi connectivity index (χ4v) is 4.97. The van der Waals surface area contributed by atoms with E-state index >= 15 is 0 Å². The van der Waals surface area contributed by atoms with E-state index in [-0.39, 0.29) is 29.1 Å². The van der Waals surface area contributed by atoms with Crippen molar-refractivity contribution in [1.29, 1.82) is 0 Å². The van der Waals surface area contributed by atoms with Crippen LogP contribution in [0.3, 0.4) is 0 Å². The van der Waals surface area contributed by atoms with E-state index < -0.39 is 0 Å². The number of ether oxygens (including phenoxy) is 1. The van der Waals surface area contributed by atoms with Gasteiger partial charge >= 0.3 is 0 Å². The summed E-state index contributed by atoms with van der Waals surface area (Å²) >= 11 is 2.37. The molecule has 160 valence electrons. The van der Waals surface area contributed by atoms with Crippen molar-refractivity contribution in [3.05, 3.63) is 58.6 Å². The Labute approximate surface area is 185 Å². The molecular weight excluding hydrogens is 439 g/mol. The van der Waals surface area contributed by atoms with E-state index in [1.807, 2.05) is 13.0 Å². The van der Waals surface area contributed by atoms with Gasteiger partial charge in [-0.25, -0.2) is 14.4 Å². The Balaban J connectivity index is 1.56. The molecule has 0 aliphatic carbocycles. The van der Waals surface area contributed by atoms with Gasteiger partial charge in [-0.15, -0.1) is 0 Å². The van der Waals surface area contributed by atoms with Gasteiger partial charge in [-0.2, -0.15) is 0 Å². The van der Waals surface area contributed by atoms with Crippen molar-refractivity contribution in [2.24, 2.45) is 0 Å². The molecule has 10 heteroatoms. The number of anilines is 1. The molecule has 31 heavy (non-hydrogen) atoms. The van der Waals surface area contributed by atoms with Gasteiger partial charge in [0.1, 0.15) is 5.82 Å². The molecule has 0 saturated carbocycles. The Morgan fingerprint density at radius 1 is 1.26 bits per heavy atom. The van der Waals surface area contributed by atoms with Crippen LogP contribution in [-0.2, 0) is 9.53 Å². The van der Waals surface area contributed by atoms with Gasteiger partial charge in [-0.05, 0) is 37.3 Å². The Hall–Kier alpha value is -2.82. The molecule has 0 saturated heterocycles.